The number of carbonyl (C=O) groups excluding carboxylic acids is 1. The zero-order chi connectivity index (χ0) is 32.4. The summed E-state index contributed by atoms with van der Waals surface area (Å²) in [5.74, 6) is 0.122. The number of ether oxygens (including phenoxy) is 1. The lowest BCUT2D eigenvalue weighted by Gasteiger charge is -2.32. The number of nitrogens with zero attached hydrogens (tertiary/aromatic N) is 3. The van der Waals surface area contributed by atoms with Crippen molar-refractivity contribution >= 4 is 23.1 Å². The second kappa shape index (κ2) is 11.4. The molecule has 0 aromatic carbocycles. The van der Waals surface area contributed by atoms with Crippen LogP contribution in [0.4, 0.5) is 0 Å². The predicted octanol–water partition coefficient (Wildman–Crippen LogP) is 7.02. The second-order valence-corrected chi connectivity index (χ2v) is 12.8. The molecule has 0 spiro atoms. The van der Waals surface area contributed by atoms with Crippen molar-refractivity contribution in [2.45, 2.75) is 80.6 Å². The number of hydrogen-bond acceptors (Lipinski definition) is 8. The second-order valence-electron chi connectivity index (χ2n) is 12.8. The van der Waals surface area contributed by atoms with Gasteiger partial charge in [-0.2, -0.15) is 0 Å². The lowest BCUT2D eigenvalue weighted by Crippen LogP contribution is -2.28. The van der Waals surface area contributed by atoms with Gasteiger partial charge in [-0.25, -0.2) is 15.0 Å². The van der Waals surface area contributed by atoms with Gasteiger partial charge in [-0.05, 0) is 87.0 Å². The molecule has 2 atom stereocenters. The Hall–Kier alpha value is -4.04. The minimum atomic E-state index is -0.606. The molecule has 1 saturated heterocycles. The average Bonchev–Trinajstić information content (AvgIpc) is 3.75. The van der Waals surface area contributed by atoms with E-state index in [1.54, 1.807) is 0 Å². The van der Waals surface area contributed by atoms with Gasteiger partial charge in [0.25, 0.3) is 0 Å². The van der Waals surface area contributed by atoms with Gasteiger partial charge in [0.15, 0.2) is 0 Å². The quantitative estimate of drug-likeness (QED) is 0.269. The number of allylic oxidation sites excluding steroid dienone is 11. The maximum absolute atomic E-state index is 12.4. The van der Waals surface area contributed by atoms with Crippen LogP contribution in [0.25, 0.3) is 0 Å². The predicted molar refractivity (Wildman–Crippen MR) is 179 cm³/mol. The molecule has 0 aromatic heterocycles. The molecule has 6 rings (SSSR count). The highest BCUT2D eigenvalue weighted by Crippen LogP contribution is 2.57. The average molecular weight is 609 g/mol. The molecule has 0 aromatic rings. The van der Waals surface area contributed by atoms with Gasteiger partial charge in [0.1, 0.15) is 5.76 Å². The highest BCUT2D eigenvalue weighted by atomic mass is 16.5. The van der Waals surface area contributed by atoms with E-state index in [2.05, 4.69) is 46.0 Å². The number of aliphatic imine (C=N–C) groups is 3. The number of hydrogen-bond donors (Lipinski definition) is 3. The Morgan fingerprint density at radius 3 is 2.22 bits per heavy atom. The molecule has 0 unspecified atom stereocenters. The van der Waals surface area contributed by atoms with Crippen LogP contribution in [0.15, 0.2) is 106 Å². The largest absolute Gasteiger partial charge is 0.511 e. The Balaban J connectivity index is 1.67. The van der Waals surface area contributed by atoms with Crippen molar-refractivity contribution in [3.63, 3.8) is 0 Å². The Labute approximate surface area is 265 Å². The van der Waals surface area contributed by atoms with Gasteiger partial charge in [-0.1, -0.05) is 27.7 Å². The van der Waals surface area contributed by atoms with Gasteiger partial charge in [-0.15, -0.1) is 0 Å². The number of aliphatic hydroxyl groups excluding tert-OH is 2. The van der Waals surface area contributed by atoms with Crippen LogP contribution >= 0.6 is 0 Å². The molecule has 5 heterocycles. The zero-order valence-corrected chi connectivity index (χ0v) is 27.7. The summed E-state index contributed by atoms with van der Waals surface area (Å²) in [6.07, 6.45) is 9.19. The van der Waals surface area contributed by atoms with Crippen molar-refractivity contribution in [3.05, 3.63) is 91.5 Å². The summed E-state index contributed by atoms with van der Waals surface area (Å²) in [7, 11) is 1.42. The first-order valence-electron chi connectivity index (χ1n) is 16.2. The fourth-order valence-electron chi connectivity index (χ4n) is 7.93. The Morgan fingerprint density at radius 1 is 0.956 bits per heavy atom. The Morgan fingerprint density at radius 2 is 1.60 bits per heavy atom. The monoisotopic (exact) mass is 608 g/mol. The van der Waals surface area contributed by atoms with Gasteiger partial charge in [0.05, 0.1) is 53.4 Å². The standard InChI is InChI=1S/C37H44N4O4/c1-9-22-18(4)26-15-30-24(17-42)20(6)25(39-30)14-27-19(5)23(12-13-31(43)45-8)34(40-27)33-35-32(36(44)37(33,10-2)11-3)21(7)28(41-35)16-29(22)38-26/h14-16,19,23,40,42,44H,9-13,17H2,1-8H3/t19-,23-/m0/s1. The summed E-state index contributed by atoms with van der Waals surface area (Å²) >= 11 is 0. The summed E-state index contributed by atoms with van der Waals surface area (Å²) in [4.78, 5) is 27.7. The van der Waals surface area contributed by atoms with Crippen molar-refractivity contribution in [1.29, 1.82) is 0 Å². The molecule has 1 aliphatic carbocycles. The van der Waals surface area contributed by atoms with Gasteiger partial charge in [0, 0.05) is 46.4 Å². The van der Waals surface area contributed by atoms with Crippen LogP contribution in [0, 0.1) is 17.3 Å². The molecule has 0 amide bonds. The number of esters is 1. The van der Waals surface area contributed by atoms with Crippen molar-refractivity contribution < 1.29 is 19.7 Å². The van der Waals surface area contributed by atoms with Crippen LogP contribution in [0.2, 0.25) is 0 Å². The van der Waals surface area contributed by atoms with E-state index < -0.39 is 5.41 Å². The number of nitrogens with one attached hydrogen (secondary N) is 1. The molecule has 8 nitrogen and oxygen atoms in total. The van der Waals surface area contributed by atoms with E-state index in [4.69, 9.17) is 19.7 Å². The summed E-state index contributed by atoms with van der Waals surface area (Å²) < 4.78 is 5.04. The van der Waals surface area contributed by atoms with Crippen LogP contribution in [0.5, 0.6) is 0 Å². The van der Waals surface area contributed by atoms with Crippen LogP contribution in [-0.4, -0.2) is 47.0 Å². The number of carbonyl (C=O) groups is 1. The fourth-order valence-corrected chi connectivity index (χ4v) is 7.93. The van der Waals surface area contributed by atoms with E-state index >= 15 is 0 Å². The van der Waals surface area contributed by atoms with Gasteiger partial charge >= 0.3 is 5.97 Å². The van der Waals surface area contributed by atoms with Gasteiger partial charge < -0.3 is 20.3 Å². The highest BCUT2D eigenvalue weighted by molar-refractivity contribution is 6.22. The van der Waals surface area contributed by atoms with Gasteiger partial charge in [0.2, 0.25) is 0 Å². The fraction of sp³-hybridized carbons (Fsp3) is 0.459. The summed E-state index contributed by atoms with van der Waals surface area (Å²) in [6.45, 7) is 14.5. The van der Waals surface area contributed by atoms with E-state index in [0.29, 0.717) is 25.0 Å². The first-order chi connectivity index (χ1) is 21.5. The van der Waals surface area contributed by atoms with Crippen molar-refractivity contribution in [2.24, 2.45) is 32.2 Å². The minimum absolute atomic E-state index is 0.0295. The van der Waals surface area contributed by atoms with E-state index in [9.17, 15) is 15.0 Å². The van der Waals surface area contributed by atoms with E-state index in [0.717, 1.165) is 91.1 Å². The van der Waals surface area contributed by atoms with Crippen LogP contribution < -0.4 is 5.32 Å². The third kappa shape index (κ3) is 4.51. The van der Waals surface area contributed by atoms with E-state index in [1.807, 2.05) is 26.0 Å². The molecule has 0 radical (unpaired) electrons. The molecule has 6 aliphatic rings. The molecular formula is C37H44N4O4. The van der Waals surface area contributed by atoms with Crippen molar-refractivity contribution in [3.8, 4) is 0 Å². The molecule has 8 heteroatoms. The maximum atomic E-state index is 12.4. The van der Waals surface area contributed by atoms with Crippen molar-refractivity contribution in [2.75, 3.05) is 13.7 Å². The Kier molecular flexibility index (Phi) is 7.84. The summed E-state index contributed by atoms with van der Waals surface area (Å²) in [5.41, 5.74) is 12.9. The first kappa shape index (κ1) is 31.0. The summed E-state index contributed by atoms with van der Waals surface area (Å²) in [6, 6.07) is 0. The maximum Gasteiger partial charge on any atom is 0.305 e. The van der Waals surface area contributed by atoms with E-state index in [1.165, 1.54) is 7.11 Å². The number of methoxy groups -OCH3 is 1. The third-order valence-electron chi connectivity index (χ3n) is 10.9. The zero-order valence-electron chi connectivity index (χ0n) is 27.7. The topological polar surface area (TPSA) is 116 Å². The number of fused-ring (bicyclic) bond motifs is 5. The first-order valence-corrected chi connectivity index (χ1v) is 16.2. The molecule has 236 valence electrons. The van der Waals surface area contributed by atoms with Crippen molar-refractivity contribution in [1.82, 2.24) is 5.32 Å². The molecule has 8 bridgehead atoms. The lowest BCUT2D eigenvalue weighted by atomic mass is 9.73. The number of aliphatic hydroxyl groups is 2. The Bertz CT molecular complexity index is 1760. The lowest BCUT2D eigenvalue weighted by molar-refractivity contribution is -0.140. The molecule has 0 saturated carbocycles. The minimum Gasteiger partial charge on any atom is -0.511 e. The molecule has 1 fully saturated rings. The normalized spacial score (nSPS) is 25.1. The molecule has 45 heavy (non-hydrogen) atoms. The molecule has 3 N–H and O–H groups in total. The summed E-state index contributed by atoms with van der Waals surface area (Å²) in [5, 5.41) is 26.3. The van der Waals surface area contributed by atoms with Crippen LogP contribution in [0.1, 0.15) is 80.6 Å². The third-order valence-corrected chi connectivity index (χ3v) is 10.9. The number of rotatable bonds is 7. The van der Waals surface area contributed by atoms with Gasteiger partial charge in [-0.3, -0.25) is 4.79 Å². The van der Waals surface area contributed by atoms with Crippen LogP contribution in [-0.2, 0) is 9.53 Å². The molecular weight excluding hydrogens is 564 g/mol. The smallest absolute Gasteiger partial charge is 0.305 e. The highest BCUT2D eigenvalue weighted by Gasteiger charge is 2.52. The van der Waals surface area contributed by atoms with E-state index in [-0.39, 0.29) is 30.8 Å². The molecule has 5 aliphatic heterocycles. The van der Waals surface area contributed by atoms with Crippen LogP contribution in [0.3, 0.4) is 0 Å². The SMILES string of the molecule is CCC1=C(C)C2=NC1=CC1=C(C)C3=C(O)C(CC)(CC)C(=C4NC(=CC5=NC(=C2)C(CO)=C5C)[C@@H](C)[C@@H]4CCC(=O)OC)C3=N1.